The minimum Gasteiger partial charge on any atom is -0.388 e. The van der Waals surface area contributed by atoms with Crippen LogP contribution in [0.3, 0.4) is 0 Å². The molecule has 0 radical (unpaired) electrons. The molecular formula is C9H9NO3. The number of nitro benzene ring substituents is 1. The molecule has 4 heteroatoms. The van der Waals surface area contributed by atoms with Gasteiger partial charge < -0.3 is 5.11 Å². The Bertz CT molecular complexity index is 362. The van der Waals surface area contributed by atoms with Crippen molar-refractivity contribution in [3.05, 3.63) is 39.4 Å². The lowest BCUT2D eigenvalue weighted by molar-refractivity contribution is -0.385. The zero-order valence-electron chi connectivity index (χ0n) is 6.93. The second kappa shape index (κ2) is 2.81. The minimum absolute atomic E-state index is 0.133. The van der Waals surface area contributed by atoms with Gasteiger partial charge in [0.25, 0.3) is 5.69 Å². The Hall–Kier alpha value is -1.42. The molecule has 2 rings (SSSR count). The van der Waals surface area contributed by atoms with E-state index in [1.165, 1.54) is 6.07 Å². The first-order valence-electron chi connectivity index (χ1n) is 4.14. The monoisotopic (exact) mass is 179 g/mol. The smallest absolute Gasteiger partial charge is 0.272 e. The maximum Gasteiger partial charge on any atom is 0.272 e. The fourth-order valence-electron chi connectivity index (χ4n) is 1.78. The summed E-state index contributed by atoms with van der Waals surface area (Å²) in [4.78, 5) is 10.2. The number of nitro groups is 1. The molecule has 0 aliphatic heterocycles. The Labute approximate surface area is 75.0 Å². The molecule has 0 saturated heterocycles. The summed E-state index contributed by atoms with van der Waals surface area (Å²) in [6, 6.07) is 4.85. The van der Waals surface area contributed by atoms with Crippen LogP contribution in [0.5, 0.6) is 0 Å². The number of hydrogen-bond donors (Lipinski definition) is 1. The van der Waals surface area contributed by atoms with Crippen molar-refractivity contribution in [3.63, 3.8) is 0 Å². The highest BCUT2D eigenvalue weighted by molar-refractivity contribution is 5.48. The second-order valence-electron chi connectivity index (χ2n) is 3.16. The topological polar surface area (TPSA) is 63.4 Å². The van der Waals surface area contributed by atoms with E-state index in [1.54, 1.807) is 12.1 Å². The lowest BCUT2D eigenvalue weighted by Gasteiger charge is -2.02. The highest BCUT2D eigenvalue weighted by atomic mass is 16.6. The average Bonchev–Trinajstić information content (AvgIpc) is 2.48. The maximum absolute atomic E-state index is 10.6. The molecule has 0 spiro atoms. The number of aliphatic hydroxyl groups is 1. The third-order valence-corrected chi connectivity index (χ3v) is 2.41. The van der Waals surface area contributed by atoms with Crippen LogP contribution in [0.25, 0.3) is 0 Å². The Balaban J connectivity index is 2.57. The fourth-order valence-corrected chi connectivity index (χ4v) is 1.78. The predicted molar refractivity (Wildman–Crippen MR) is 46.4 cm³/mol. The SMILES string of the molecule is O=[N+]([O-])c1cccc2c1CC[C@@H]2O. The van der Waals surface area contributed by atoms with Crippen LogP contribution in [0.1, 0.15) is 23.7 Å². The van der Waals surface area contributed by atoms with E-state index in [0.29, 0.717) is 24.0 Å². The normalized spacial score (nSPS) is 19.9. The Morgan fingerprint density at radius 2 is 2.31 bits per heavy atom. The fraction of sp³-hybridized carbons (Fsp3) is 0.333. The third-order valence-electron chi connectivity index (χ3n) is 2.41. The van der Waals surface area contributed by atoms with Gasteiger partial charge in [0.05, 0.1) is 11.0 Å². The van der Waals surface area contributed by atoms with Crippen molar-refractivity contribution in [2.75, 3.05) is 0 Å². The summed E-state index contributed by atoms with van der Waals surface area (Å²) in [6.07, 6.45) is 0.684. The van der Waals surface area contributed by atoms with Gasteiger partial charge in [-0.25, -0.2) is 0 Å². The molecule has 0 bridgehead atoms. The van der Waals surface area contributed by atoms with Gasteiger partial charge in [-0.15, -0.1) is 0 Å². The van der Waals surface area contributed by atoms with Gasteiger partial charge in [-0.1, -0.05) is 12.1 Å². The molecule has 0 fully saturated rings. The van der Waals surface area contributed by atoms with Crippen LogP contribution in [-0.4, -0.2) is 10.0 Å². The Kier molecular flexibility index (Phi) is 1.77. The largest absolute Gasteiger partial charge is 0.388 e. The molecule has 0 amide bonds. The van der Waals surface area contributed by atoms with E-state index >= 15 is 0 Å². The minimum atomic E-state index is -0.519. The van der Waals surface area contributed by atoms with Gasteiger partial charge in [0, 0.05) is 11.6 Å². The number of rotatable bonds is 1. The maximum atomic E-state index is 10.6. The van der Waals surface area contributed by atoms with Crippen LogP contribution in [0.4, 0.5) is 5.69 Å². The summed E-state index contributed by atoms with van der Waals surface area (Å²) in [7, 11) is 0. The Morgan fingerprint density at radius 3 is 3.00 bits per heavy atom. The lowest BCUT2D eigenvalue weighted by Crippen LogP contribution is -1.95. The van der Waals surface area contributed by atoms with Crippen LogP contribution in [0, 0.1) is 10.1 Å². The second-order valence-corrected chi connectivity index (χ2v) is 3.16. The van der Waals surface area contributed by atoms with E-state index in [9.17, 15) is 15.2 Å². The van der Waals surface area contributed by atoms with Crippen molar-refractivity contribution < 1.29 is 10.0 Å². The molecule has 1 N–H and O–H groups in total. The lowest BCUT2D eigenvalue weighted by atomic mass is 10.1. The summed E-state index contributed by atoms with van der Waals surface area (Å²) in [5, 5.41) is 20.1. The molecule has 4 nitrogen and oxygen atoms in total. The molecule has 0 saturated carbocycles. The highest BCUT2D eigenvalue weighted by Gasteiger charge is 2.26. The summed E-state index contributed by atoms with van der Waals surface area (Å²) < 4.78 is 0. The van der Waals surface area contributed by atoms with Crippen molar-refractivity contribution in [1.29, 1.82) is 0 Å². The van der Waals surface area contributed by atoms with E-state index in [0.717, 1.165) is 0 Å². The molecule has 0 unspecified atom stereocenters. The molecule has 1 aliphatic rings. The number of fused-ring (bicyclic) bond motifs is 1. The summed E-state index contributed by atoms with van der Waals surface area (Å²) >= 11 is 0. The van der Waals surface area contributed by atoms with Gasteiger partial charge in [-0.05, 0) is 18.4 Å². The van der Waals surface area contributed by atoms with Gasteiger partial charge in [0.2, 0.25) is 0 Å². The molecule has 0 heterocycles. The first-order valence-corrected chi connectivity index (χ1v) is 4.14. The van der Waals surface area contributed by atoms with Crippen molar-refractivity contribution in [2.24, 2.45) is 0 Å². The molecule has 13 heavy (non-hydrogen) atoms. The van der Waals surface area contributed by atoms with Crippen LogP contribution in [-0.2, 0) is 6.42 Å². The van der Waals surface area contributed by atoms with Gasteiger partial charge in [-0.3, -0.25) is 10.1 Å². The summed E-state index contributed by atoms with van der Waals surface area (Å²) in [6.45, 7) is 0. The third kappa shape index (κ3) is 1.19. The van der Waals surface area contributed by atoms with E-state index in [1.807, 2.05) is 0 Å². The zero-order valence-corrected chi connectivity index (χ0v) is 6.93. The molecule has 1 aromatic rings. The Morgan fingerprint density at radius 1 is 1.54 bits per heavy atom. The molecule has 1 aliphatic carbocycles. The van der Waals surface area contributed by atoms with Crippen molar-refractivity contribution in [3.8, 4) is 0 Å². The molecule has 1 aromatic carbocycles. The first kappa shape index (κ1) is 8.19. The summed E-state index contributed by atoms with van der Waals surface area (Å²) in [5.74, 6) is 0. The van der Waals surface area contributed by atoms with E-state index in [4.69, 9.17) is 0 Å². The van der Waals surface area contributed by atoms with E-state index < -0.39 is 11.0 Å². The predicted octanol–water partition coefficient (Wildman–Crippen LogP) is 1.57. The van der Waals surface area contributed by atoms with Crippen LogP contribution in [0.2, 0.25) is 0 Å². The highest BCUT2D eigenvalue weighted by Crippen LogP contribution is 2.36. The number of benzene rings is 1. The number of aliphatic hydroxyl groups excluding tert-OH is 1. The van der Waals surface area contributed by atoms with Crippen molar-refractivity contribution in [1.82, 2.24) is 0 Å². The molecule has 68 valence electrons. The van der Waals surface area contributed by atoms with Crippen molar-refractivity contribution in [2.45, 2.75) is 18.9 Å². The van der Waals surface area contributed by atoms with Crippen LogP contribution < -0.4 is 0 Å². The standard InChI is InChI=1S/C9H9NO3/c11-9-5-4-6-7(9)2-1-3-8(6)10(12)13/h1-3,9,11H,4-5H2/t9-/m0/s1. The first-order chi connectivity index (χ1) is 6.20. The molecule has 1 atom stereocenters. The van der Waals surface area contributed by atoms with Gasteiger partial charge in [0.15, 0.2) is 0 Å². The number of nitrogens with zero attached hydrogens (tertiary/aromatic N) is 1. The quantitative estimate of drug-likeness (QED) is 0.525. The molecular weight excluding hydrogens is 170 g/mol. The van der Waals surface area contributed by atoms with Gasteiger partial charge >= 0.3 is 0 Å². The van der Waals surface area contributed by atoms with Gasteiger partial charge in [-0.2, -0.15) is 0 Å². The average molecular weight is 179 g/mol. The van der Waals surface area contributed by atoms with Crippen LogP contribution >= 0.6 is 0 Å². The number of hydrogen-bond acceptors (Lipinski definition) is 3. The zero-order chi connectivity index (χ0) is 9.42. The molecule has 0 aromatic heterocycles. The van der Waals surface area contributed by atoms with E-state index in [-0.39, 0.29) is 5.69 Å². The van der Waals surface area contributed by atoms with Crippen molar-refractivity contribution >= 4 is 5.69 Å². The van der Waals surface area contributed by atoms with E-state index in [2.05, 4.69) is 0 Å². The van der Waals surface area contributed by atoms with Crippen LogP contribution in [0.15, 0.2) is 18.2 Å². The van der Waals surface area contributed by atoms with Gasteiger partial charge in [0.1, 0.15) is 0 Å². The summed E-state index contributed by atoms with van der Waals surface area (Å²) in [5.41, 5.74) is 1.54.